The third-order valence-corrected chi connectivity index (χ3v) is 2.93. The number of benzene rings is 1. The second-order valence-electron chi connectivity index (χ2n) is 3.58. The van der Waals surface area contributed by atoms with Crippen molar-refractivity contribution in [2.75, 3.05) is 0 Å². The molecule has 68 valence electrons. The molecule has 1 aliphatic rings. The Labute approximate surface area is 82.7 Å². The maximum Gasteiger partial charge on any atom is 0.140 e. The summed E-state index contributed by atoms with van der Waals surface area (Å²) in [7, 11) is 0. The molecule has 2 heteroatoms. The zero-order valence-corrected chi connectivity index (χ0v) is 8.27. The molecule has 1 saturated carbocycles. The molecule has 1 aliphatic carbocycles. The zero-order valence-electron chi connectivity index (χ0n) is 7.51. The molecule has 0 spiro atoms. The van der Waals surface area contributed by atoms with Crippen molar-refractivity contribution in [1.82, 2.24) is 0 Å². The van der Waals surface area contributed by atoms with Gasteiger partial charge >= 0.3 is 0 Å². The minimum atomic E-state index is 0.0769. The molecule has 1 unspecified atom stereocenters. The summed E-state index contributed by atoms with van der Waals surface area (Å²) in [5.74, 6) is 0.402. The first-order valence-corrected chi connectivity index (χ1v) is 4.85. The fourth-order valence-corrected chi connectivity index (χ4v) is 2.02. The van der Waals surface area contributed by atoms with E-state index in [0.717, 1.165) is 29.0 Å². The van der Waals surface area contributed by atoms with E-state index in [1.54, 1.807) is 0 Å². The van der Waals surface area contributed by atoms with E-state index < -0.39 is 0 Å². The third kappa shape index (κ3) is 1.49. The summed E-state index contributed by atoms with van der Waals surface area (Å²) in [5.41, 5.74) is 2.14. The van der Waals surface area contributed by atoms with E-state index in [1.807, 2.05) is 25.1 Å². The number of aryl methyl sites for hydroxylation is 1. The molecule has 1 nitrogen and oxygen atoms in total. The van der Waals surface area contributed by atoms with Crippen LogP contribution in [0.4, 0.5) is 0 Å². The lowest BCUT2D eigenvalue weighted by molar-refractivity contribution is -0.125. The van der Waals surface area contributed by atoms with Crippen molar-refractivity contribution in [3.8, 4) is 0 Å². The quantitative estimate of drug-likeness (QED) is 0.672. The number of carbonyl (C=O) groups excluding carboxylic acids is 1. The molecule has 0 aromatic heterocycles. The van der Waals surface area contributed by atoms with Gasteiger partial charge in [-0.2, -0.15) is 0 Å². The Hall–Kier alpha value is -0.820. The maximum absolute atomic E-state index is 11.2. The molecule has 0 radical (unpaired) electrons. The summed E-state index contributed by atoms with van der Waals surface area (Å²) < 4.78 is 0. The van der Waals surface area contributed by atoms with Crippen molar-refractivity contribution >= 4 is 17.4 Å². The first kappa shape index (κ1) is 8.76. The van der Waals surface area contributed by atoms with E-state index in [1.165, 1.54) is 0 Å². The van der Waals surface area contributed by atoms with E-state index in [2.05, 4.69) is 0 Å². The minimum Gasteiger partial charge on any atom is -0.299 e. The number of halogens is 1. The predicted octanol–water partition coefficient (Wildman–Crippen LogP) is 3.09. The zero-order chi connectivity index (χ0) is 9.42. The monoisotopic (exact) mass is 194 g/mol. The Morgan fingerprint density at radius 3 is 2.69 bits per heavy atom. The van der Waals surface area contributed by atoms with E-state index in [9.17, 15) is 4.79 Å². The second-order valence-corrected chi connectivity index (χ2v) is 3.99. The van der Waals surface area contributed by atoms with Gasteiger partial charge in [-0.05, 0) is 30.5 Å². The average Bonchev–Trinajstić information content (AvgIpc) is 2.07. The molecule has 1 aromatic rings. The molecule has 0 amide bonds. The first-order valence-electron chi connectivity index (χ1n) is 4.47. The standard InChI is InChI=1S/C11H11ClO/c1-7-2-3-8(10(12)6-7)9-4-5-11(9)13/h2-3,6,9H,4-5H2,1H3. The van der Waals surface area contributed by atoms with Crippen molar-refractivity contribution in [2.45, 2.75) is 25.7 Å². The largest absolute Gasteiger partial charge is 0.299 e. The summed E-state index contributed by atoms with van der Waals surface area (Å²) >= 11 is 6.05. The molecule has 1 fully saturated rings. The van der Waals surface area contributed by atoms with Crippen LogP contribution in [0.5, 0.6) is 0 Å². The molecule has 0 aliphatic heterocycles. The van der Waals surface area contributed by atoms with E-state index in [4.69, 9.17) is 11.6 Å². The third-order valence-electron chi connectivity index (χ3n) is 2.60. The molecule has 0 heterocycles. The Morgan fingerprint density at radius 2 is 2.23 bits per heavy atom. The predicted molar refractivity (Wildman–Crippen MR) is 53.2 cm³/mol. The summed E-state index contributed by atoms with van der Waals surface area (Å²) in [6.45, 7) is 2.00. The lowest BCUT2D eigenvalue weighted by Gasteiger charge is -2.25. The number of hydrogen-bond donors (Lipinski definition) is 0. The topological polar surface area (TPSA) is 17.1 Å². The fourth-order valence-electron chi connectivity index (χ4n) is 1.65. The second kappa shape index (κ2) is 3.15. The van der Waals surface area contributed by atoms with Gasteiger partial charge < -0.3 is 0 Å². The van der Waals surface area contributed by atoms with E-state index in [-0.39, 0.29) is 5.92 Å². The molecular weight excluding hydrogens is 184 g/mol. The van der Waals surface area contributed by atoms with Crippen LogP contribution in [0, 0.1) is 6.92 Å². The van der Waals surface area contributed by atoms with Gasteiger partial charge in [0, 0.05) is 17.4 Å². The fraction of sp³-hybridized carbons (Fsp3) is 0.364. The van der Waals surface area contributed by atoms with E-state index >= 15 is 0 Å². The molecule has 1 atom stereocenters. The average molecular weight is 195 g/mol. The van der Waals surface area contributed by atoms with Crippen molar-refractivity contribution in [1.29, 1.82) is 0 Å². The first-order chi connectivity index (χ1) is 6.18. The van der Waals surface area contributed by atoms with Gasteiger partial charge in [0.2, 0.25) is 0 Å². The summed E-state index contributed by atoms with van der Waals surface area (Å²) in [4.78, 5) is 11.2. The van der Waals surface area contributed by atoms with Crippen LogP contribution in [0.1, 0.15) is 29.9 Å². The molecule has 13 heavy (non-hydrogen) atoms. The summed E-state index contributed by atoms with van der Waals surface area (Å²) in [5, 5.41) is 0.734. The van der Waals surface area contributed by atoms with E-state index in [0.29, 0.717) is 5.78 Å². The van der Waals surface area contributed by atoms with Crippen LogP contribution in [0.25, 0.3) is 0 Å². The Balaban J connectivity index is 2.35. The van der Waals surface area contributed by atoms with Gasteiger partial charge in [0.15, 0.2) is 0 Å². The van der Waals surface area contributed by atoms with Crippen LogP contribution >= 0.6 is 11.6 Å². The number of rotatable bonds is 1. The maximum atomic E-state index is 11.2. The van der Waals surface area contributed by atoms with Crippen LogP contribution in [0.2, 0.25) is 5.02 Å². The van der Waals surface area contributed by atoms with Gasteiger partial charge in [0.1, 0.15) is 5.78 Å². The summed E-state index contributed by atoms with van der Waals surface area (Å²) in [6, 6.07) is 5.90. The lowest BCUT2D eigenvalue weighted by Crippen LogP contribution is -2.23. The van der Waals surface area contributed by atoms with Gasteiger partial charge in [0.05, 0.1) is 0 Å². The lowest BCUT2D eigenvalue weighted by atomic mass is 9.78. The molecular formula is C11H11ClO. The van der Waals surface area contributed by atoms with Crippen molar-refractivity contribution < 1.29 is 4.79 Å². The van der Waals surface area contributed by atoms with Crippen LogP contribution in [0.3, 0.4) is 0 Å². The molecule has 0 bridgehead atoms. The van der Waals surface area contributed by atoms with Crippen molar-refractivity contribution in [3.05, 3.63) is 34.3 Å². The van der Waals surface area contributed by atoms with Crippen LogP contribution in [-0.2, 0) is 4.79 Å². The number of Topliss-reactive ketones (excluding diaryl/α,β-unsaturated/α-hetero) is 1. The number of ketones is 1. The smallest absolute Gasteiger partial charge is 0.140 e. The van der Waals surface area contributed by atoms with Gasteiger partial charge in [-0.1, -0.05) is 23.7 Å². The Morgan fingerprint density at radius 1 is 1.46 bits per heavy atom. The molecule has 0 saturated heterocycles. The summed E-state index contributed by atoms with van der Waals surface area (Å²) in [6.07, 6.45) is 1.68. The highest BCUT2D eigenvalue weighted by atomic mass is 35.5. The van der Waals surface area contributed by atoms with Gasteiger partial charge in [-0.3, -0.25) is 4.79 Å². The van der Waals surface area contributed by atoms with Gasteiger partial charge in [0.25, 0.3) is 0 Å². The van der Waals surface area contributed by atoms with Crippen molar-refractivity contribution in [3.63, 3.8) is 0 Å². The minimum absolute atomic E-state index is 0.0769. The van der Waals surface area contributed by atoms with Gasteiger partial charge in [-0.25, -0.2) is 0 Å². The van der Waals surface area contributed by atoms with Crippen molar-refractivity contribution in [2.24, 2.45) is 0 Å². The number of hydrogen-bond acceptors (Lipinski definition) is 1. The van der Waals surface area contributed by atoms with Gasteiger partial charge in [-0.15, -0.1) is 0 Å². The Bertz CT molecular complexity index is 357. The Kier molecular flexibility index (Phi) is 2.12. The number of carbonyl (C=O) groups is 1. The highest BCUT2D eigenvalue weighted by molar-refractivity contribution is 6.31. The van der Waals surface area contributed by atoms with Crippen LogP contribution in [-0.4, -0.2) is 5.78 Å². The highest BCUT2D eigenvalue weighted by Gasteiger charge is 2.30. The van der Waals surface area contributed by atoms with Crippen LogP contribution < -0.4 is 0 Å². The SMILES string of the molecule is Cc1ccc(C2CCC2=O)c(Cl)c1. The normalized spacial score (nSPS) is 21.4. The molecule has 0 N–H and O–H groups in total. The molecule has 2 rings (SSSR count). The highest BCUT2D eigenvalue weighted by Crippen LogP contribution is 2.36. The molecule has 1 aromatic carbocycles. The van der Waals surface area contributed by atoms with Crippen LogP contribution in [0.15, 0.2) is 18.2 Å².